The van der Waals surface area contributed by atoms with Crippen LogP contribution in [0.2, 0.25) is 0 Å². The van der Waals surface area contributed by atoms with E-state index >= 15 is 0 Å². The molecule has 0 radical (unpaired) electrons. The zero-order chi connectivity index (χ0) is 12.8. The highest BCUT2D eigenvalue weighted by molar-refractivity contribution is 5.63. The third-order valence-electron chi connectivity index (χ3n) is 3.80. The van der Waals surface area contributed by atoms with Gasteiger partial charge >= 0.3 is 6.18 Å². The van der Waals surface area contributed by atoms with Gasteiger partial charge in [-0.2, -0.15) is 13.2 Å². The smallest absolute Gasteiger partial charge is 0.370 e. The average Bonchev–Trinajstić information content (AvgIpc) is 2.52. The molecular weight excluding hydrogens is 241 g/mol. The first-order chi connectivity index (χ1) is 8.57. The molecule has 1 aromatic rings. The molecule has 3 rings (SSSR count). The molecule has 0 bridgehead atoms. The lowest BCUT2D eigenvalue weighted by Gasteiger charge is -2.36. The van der Waals surface area contributed by atoms with Crippen LogP contribution in [0.5, 0.6) is 0 Å². The van der Waals surface area contributed by atoms with Crippen molar-refractivity contribution in [1.82, 2.24) is 5.32 Å². The van der Waals surface area contributed by atoms with Crippen molar-refractivity contribution >= 4 is 5.69 Å². The molecule has 0 fully saturated rings. The normalized spacial score (nSPS) is 23.5. The van der Waals surface area contributed by atoms with E-state index in [9.17, 15) is 13.2 Å². The molecule has 0 aromatic heterocycles. The topological polar surface area (TPSA) is 15.3 Å². The van der Waals surface area contributed by atoms with E-state index < -0.39 is 12.1 Å². The second-order valence-corrected chi connectivity index (χ2v) is 4.90. The summed E-state index contributed by atoms with van der Waals surface area (Å²) in [6.45, 7) is 2.76. The Labute approximate surface area is 104 Å². The van der Waals surface area contributed by atoms with Gasteiger partial charge in [-0.1, -0.05) is 18.2 Å². The first kappa shape index (κ1) is 11.8. The van der Waals surface area contributed by atoms with Crippen molar-refractivity contribution in [3.8, 4) is 0 Å². The molecule has 1 atom stereocenters. The van der Waals surface area contributed by atoms with Crippen molar-refractivity contribution in [2.75, 3.05) is 24.5 Å². The Balaban J connectivity index is 2.11. The Hall–Kier alpha value is -1.23. The molecule has 2 aliphatic rings. The van der Waals surface area contributed by atoms with Gasteiger partial charge in [-0.25, -0.2) is 0 Å². The van der Waals surface area contributed by atoms with E-state index in [1.807, 2.05) is 6.07 Å². The molecule has 2 aliphatic heterocycles. The Morgan fingerprint density at radius 2 is 2.06 bits per heavy atom. The highest BCUT2D eigenvalue weighted by atomic mass is 19.4. The molecule has 18 heavy (non-hydrogen) atoms. The Bertz CT molecular complexity index is 456. The largest absolute Gasteiger partial charge is 0.395 e. The fourth-order valence-corrected chi connectivity index (χ4v) is 2.97. The predicted molar refractivity (Wildman–Crippen MR) is 63.8 cm³/mol. The van der Waals surface area contributed by atoms with E-state index in [2.05, 4.69) is 10.2 Å². The van der Waals surface area contributed by atoms with Crippen LogP contribution >= 0.6 is 0 Å². The molecule has 0 spiro atoms. The van der Waals surface area contributed by atoms with Gasteiger partial charge in [0.15, 0.2) is 0 Å². The lowest BCUT2D eigenvalue weighted by Crippen LogP contribution is -2.37. The first-order valence-electron chi connectivity index (χ1n) is 6.21. The van der Waals surface area contributed by atoms with E-state index in [0.717, 1.165) is 24.3 Å². The van der Waals surface area contributed by atoms with Gasteiger partial charge < -0.3 is 10.2 Å². The van der Waals surface area contributed by atoms with Gasteiger partial charge in [0, 0.05) is 31.9 Å². The summed E-state index contributed by atoms with van der Waals surface area (Å²) in [5.41, 5.74) is 2.25. The van der Waals surface area contributed by atoms with Crippen molar-refractivity contribution in [2.45, 2.75) is 25.1 Å². The maximum Gasteiger partial charge on any atom is 0.395 e. The van der Waals surface area contributed by atoms with Gasteiger partial charge in [0.25, 0.3) is 0 Å². The maximum absolute atomic E-state index is 13.1. The highest BCUT2D eigenvalue weighted by Crippen LogP contribution is 2.46. The van der Waals surface area contributed by atoms with Gasteiger partial charge in [0.1, 0.15) is 0 Å². The zero-order valence-corrected chi connectivity index (χ0v) is 9.93. The van der Waals surface area contributed by atoms with E-state index in [-0.39, 0.29) is 6.42 Å². The Morgan fingerprint density at radius 3 is 2.83 bits per heavy atom. The number of nitrogens with one attached hydrogen (secondary N) is 1. The van der Waals surface area contributed by atoms with Crippen LogP contribution in [-0.2, 0) is 6.54 Å². The summed E-state index contributed by atoms with van der Waals surface area (Å²) in [5.74, 6) is -1.30. The summed E-state index contributed by atoms with van der Waals surface area (Å²) in [7, 11) is 0. The highest BCUT2D eigenvalue weighted by Gasteiger charge is 2.44. The summed E-state index contributed by atoms with van der Waals surface area (Å²) < 4.78 is 39.2. The van der Waals surface area contributed by atoms with E-state index in [1.165, 1.54) is 0 Å². The van der Waals surface area contributed by atoms with Crippen LogP contribution in [0.25, 0.3) is 0 Å². The maximum atomic E-state index is 13.1. The van der Waals surface area contributed by atoms with Crippen molar-refractivity contribution in [3.05, 3.63) is 29.3 Å². The first-order valence-corrected chi connectivity index (χ1v) is 6.21. The second-order valence-electron chi connectivity index (χ2n) is 4.90. The standard InChI is InChI=1S/C13H15F3N2/c14-13(15,16)11-4-6-18-7-5-17-8-9-2-1-3-10(11)12(9)18/h1-3,11,17H,4-8H2. The third-order valence-corrected chi connectivity index (χ3v) is 3.80. The molecule has 0 amide bonds. The number of nitrogens with zero attached hydrogens (tertiary/aromatic N) is 1. The van der Waals surface area contributed by atoms with E-state index in [4.69, 9.17) is 0 Å². The van der Waals surface area contributed by atoms with Crippen LogP contribution in [0.15, 0.2) is 18.2 Å². The van der Waals surface area contributed by atoms with Gasteiger partial charge in [-0.15, -0.1) is 0 Å². The number of halogens is 3. The van der Waals surface area contributed by atoms with Gasteiger partial charge in [-0.3, -0.25) is 0 Å². The molecule has 1 N–H and O–H groups in total. The van der Waals surface area contributed by atoms with Gasteiger partial charge in [0.2, 0.25) is 0 Å². The number of rotatable bonds is 0. The number of anilines is 1. The minimum atomic E-state index is -4.14. The van der Waals surface area contributed by atoms with E-state index in [0.29, 0.717) is 18.7 Å². The number of hydrogen-bond donors (Lipinski definition) is 1. The Kier molecular flexibility index (Phi) is 2.73. The molecule has 2 heterocycles. The number of alkyl halides is 3. The fraction of sp³-hybridized carbons (Fsp3) is 0.538. The summed E-state index contributed by atoms with van der Waals surface area (Å²) in [4.78, 5) is 2.09. The number of benzene rings is 1. The van der Waals surface area contributed by atoms with Crippen LogP contribution in [-0.4, -0.2) is 25.8 Å². The molecule has 98 valence electrons. The molecular formula is C13H15F3N2. The zero-order valence-electron chi connectivity index (χ0n) is 9.93. The summed E-state index contributed by atoms with van der Waals surface area (Å²) >= 11 is 0. The molecule has 2 nitrogen and oxygen atoms in total. The average molecular weight is 256 g/mol. The van der Waals surface area contributed by atoms with Crippen molar-refractivity contribution in [3.63, 3.8) is 0 Å². The molecule has 1 aromatic carbocycles. The summed E-state index contributed by atoms with van der Waals surface area (Å²) in [6.07, 6.45) is -3.97. The Morgan fingerprint density at radius 1 is 1.22 bits per heavy atom. The number of para-hydroxylation sites is 1. The monoisotopic (exact) mass is 256 g/mol. The fourth-order valence-electron chi connectivity index (χ4n) is 2.97. The molecule has 1 unspecified atom stereocenters. The number of hydrogen-bond acceptors (Lipinski definition) is 2. The van der Waals surface area contributed by atoms with Crippen LogP contribution < -0.4 is 10.2 Å². The molecule has 0 saturated carbocycles. The van der Waals surface area contributed by atoms with E-state index in [1.54, 1.807) is 12.1 Å². The van der Waals surface area contributed by atoms with Crippen LogP contribution in [0.1, 0.15) is 23.5 Å². The van der Waals surface area contributed by atoms with Crippen molar-refractivity contribution in [1.29, 1.82) is 0 Å². The molecule has 0 saturated heterocycles. The SMILES string of the molecule is FC(F)(F)C1CCN2CCNCc3cccc1c32. The second kappa shape index (κ2) is 4.16. The lowest BCUT2D eigenvalue weighted by atomic mass is 9.87. The predicted octanol–water partition coefficient (Wildman–Crippen LogP) is 2.65. The van der Waals surface area contributed by atoms with Crippen LogP contribution in [0, 0.1) is 0 Å². The van der Waals surface area contributed by atoms with Crippen molar-refractivity contribution in [2.24, 2.45) is 0 Å². The summed E-state index contributed by atoms with van der Waals surface area (Å²) in [6, 6.07) is 5.29. The van der Waals surface area contributed by atoms with Crippen LogP contribution in [0.4, 0.5) is 18.9 Å². The van der Waals surface area contributed by atoms with Gasteiger partial charge in [-0.05, 0) is 17.5 Å². The lowest BCUT2D eigenvalue weighted by molar-refractivity contribution is -0.152. The third kappa shape index (κ3) is 1.86. The summed E-state index contributed by atoms with van der Waals surface area (Å²) in [5, 5.41) is 3.25. The molecule has 0 aliphatic carbocycles. The minimum absolute atomic E-state index is 0.167. The quantitative estimate of drug-likeness (QED) is 0.767. The van der Waals surface area contributed by atoms with Crippen molar-refractivity contribution < 1.29 is 13.2 Å². The minimum Gasteiger partial charge on any atom is -0.370 e. The van der Waals surface area contributed by atoms with Gasteiger partial charge in [0.05, 0.1) is 5.92 Å². The van der Waals surface area contributed by atoms with Crippen LogP contribution in [0.3, 0.4) is 0 Å². The molecule has 5 heteroatoms.